The average molecular weight is 418 g/mol. The van der Waals surface area contributed by atoms with Gasteiger partial charge in [-0.05, 0) is 13.0 Å². The number of nitrogens with one attached hydrogen (secondary N) is 1. The van der Waals surface area contributed by atoms with Gasteiger partial charge in [-0.3, -0.25) is 9.59 Å². The standard InChI is InChI=1S/C22H44N2O5/c1-2-3-4-5-6-7-8-9-10-11-14-23-15-18-24(19-20-25,16-12-21(26)27)17-13-22(28)29/h23,25H,2-20H2,1H3,(H-,26,27,28,29)/p+1. The van der Waals surface area contributed by atoms with Crippen molar-refractivity contribution in [3.05, 3.63) is 0 Å². The van der Waals surface area contributed by atoms with Gasteiger partial charge in [0.2, 0.25) is 0 Å². The maximum atomic E-state index is 11.0. The lowest BCUT2D eigenvalue weighted by molar-refractivity contribution is -0.926. The van der Waals surface area contributed by atoms with Crippen LogP contribution in [-0.2, 0) is 9.59 Å². The first-order chi connectivity index (χ1) is 14.0. The van der Waals surface area contributed by atoms with Crippen LogP contribution in [0.1, 0.15) is 84.0 Å². The topological polar surface area (TPSA) is 107 Å². The minimum Gasteiger partial charge on any atom is -0.481 e. The summed E-state index contributed by atoms with van der Waals surface area (Å²) >= 11 is 0. The van der Waals surface area contributed by atoms with Crippen LogP contribution in [0, 0.1) is 0 Å². The van der Waals surface area contributed by atoms with Crippen LogP contribution in [0.3, 0.4) is 0 Å². The van der Waals surface area contributed by atoms with Gasteiger partial charge in [-0.1, -0.05) is 64.7 Å². The van der Waals surface area contributed by atoms with Crippen molar-refractivity contribution in [3.63, 3.8) is 0 Å². The number of unbranched alkanes of at least 4 members (excludes halogenated alkanes) is 9. The van der Waals surface area contributed by atoms with Crippen LogP contribution in [0.4, 0.5) is 0 Å². The zero-order valence-corrected chi connectivity index (χ0v) is 18.5. The predicted molar refractivity (Wildman–Crippen MR) is 116 cm³/mol. The molecule has 0 radical (unpaired) electrons. The molecule has 0 spiro atoms. The van der Waals surface area contributed by atoms with E-state index in [0.29, 0.717) is 37.2 Å². The molecule has 0 unspecified atom stereocenters. The molecule has 0 bridgehead atoms. The van der Waals surface area contributed by atoms with Crippen LogP contribution in [0.15, 0.2) is 0 Å². The average Bonchev–Trinajstić information content (AvgIpc) is 2.68. The minimum absolute atomic E-state index is 0.0158. The molecule has 4 N–H and O–H groups in total. The van der Waals surface area contributed by atoms with Crippen LogP contribution in [0.2, 0.25) is 0 Å². The lowest BCUT2D eigenvalue weighted by Crippen LogP contribution is -2.55. The number of carboxylic acids is 2. The maximum absolute atomic E-state index is 11.0. The van der Waals surface area contributed by atoms with E-state index in [2.05, 4.69) is 12.2 Å². The molecule has 0 saturated heterocycles. The number of carboxylic acid groups (broad SMARTS) is 2. The van der Waals surface area contributed by atoms with Crippen molar-refractivity contribution in [2.24, 2.45) is 0 Å². The third-order valence-electron chi connectivity index (χ3n) is 5.64. The highest BCUT2D eigenvalue weighted by atomic mass is 16.4. The predicted octanol–water partition coefficient (Wildman–Crippen LogP) is 3.26. The van der Waals surface area contributed by atoms with E-state index in [4.69, 9.17) is 10.2 Å². The van der Waals surface area contributed by atoms with E-state index in [0.717, 1.165) is 13.0 Å². The van der Waals surface area contributed by atoms with Gasteiger partial charge in [0, 0.05) is 6.54 Å². The Labute approximate surface area is 177 Å². The van der Waals surface area contributed by atoms with Gasteiger partial charge in [-0.15, -0.1) is 0 Å². The summed E-state index contributed by atoms with van der Waals surface area (Å²) in [6.45, 7) is 5.53. The molecule has 0 atom stereocenters. The summed E-state index contributed by atoms with van der Waals surface area (Å²) in [6, 6.07) is 0. The molecule has 0 saturated carbocycles. The first kappa shape index (κ1) is 27.8. The zero-order chi connectivity index (χ0) is 21.8. The number of carbonyl (C=O) groups is 2. The highest BCUT2D eigenvalue weighted by molar-refractivity contribution is 5.67. The van der Waals surface area contributed by atoms with Crippen LogP contribution >= 0.6 is 0 Å². The third-order valence-corrected chi connectivity index (χ3v) is 5.64. The molecule has 7 nitrogen and oxygen atoms in total. The van der Waals surface area contributed by atoms with Gasteiger partial charge < -0.3 is 25.1 Å². The molecule has 0 aliphatic carbocycles. The van der Waals surface area contributed by atoms with Gasteiger partial charge in [-0.25, -0.2) is 0 Å². The van der Waals surface area contributed by atoms with E-state index in [-0.39, 0.29) is 19.4 Å². The Morgan fingerprint density at radius 2 is 1.17 bits per heavy atom. The molecule has 0 amide bonds. The number of aliphatic carboxylic acids is 2. The number of quaternary nitrogens is 1. The normalized spacial score (nSPS) is 11.7. The molecular formula is C22H45N2O5+. The Balaban J connectivity index is 3.98. The molecule has 0 aliphatic heterocycles. The van der Waals surface area contributed by atoms with Crippen LogP contribution in [-0.4, -0.2) is 77.6 Å². The van der Waals surface area contributed by atoms with E-state index >= 15 is 0 Å². The Morgan fingerprint density at radius 3 is 1.62 bits per heavy atom. The highest BCUT2D eigenvalue weighted by Crippen LogP contribution is 2.11. The second-order valence-corrected chi connectivity index (χ2v) is 8.18. The van der Waals surface area contributed by atoms with Gasteiger partial charge in [-0.2, -0.15) is 0 Å². The smallest absolute Gasteiger partial charge is 0.309 e. The summed E-state index contributed by atoms with van der Waals surface area (Å²) in [5.74, 6) is -1.78. The number of aliphatic hydroxyl groups is 1. The number of aliphatic hydroxyl groups excluding tert-OH is 1. The van der Waals surface area contributed by atoms with Gasteiger partial charge in [0.25, 0.3) is 0 Å². The largest absolute Gasteiger partial charge is 0.481 e. The molecule has 0 aliphatic rings. The summed E-state index contributed by atoms with van der Waals surface area (Å²) in [7, 11) is 0. The highest BCUT2D eigenvalue weighted by Gasteiger charge is 2.28. The second kappa shape index (κ2) is 18.8. The first-order valence-corrected chi connectivity index (χ1v) is 11.6. The summed E-state index contributed by atoms with van der Waals surface area (Å²) in [5, 5.41) is 30.8. The molecule has 0 heterocycles. The molecule has 0 aromatic rings. The van der Waals surface area contributed by atoms with Gasteiger partial charge in [0.05, 0.1) is 39.1 Å². The fourth-order valence-electron chi connectivity index (χ4n) is 3.73. The van der Waals surface area contributed by atoms with Crippen molar-refractivity contribution in [1.82, 2.24) is 5.32 Å². The molecular weight excluding hydrogens is 372 g/mol. The van der Waals surface area contributed by atoms with Crippen molar-refractivity contribution in [3.8, 4) is 0 Å². The lowest BCUT2D eigenvalue weighted by Gasteiger charge is -2.38. The van der Waals surface area contributed by atoms with Crippen LogP contribution in [0.25, 0.3) is 0 Å². The van der Waals surface area contributed by atoms with E-state index in [1.807, 2.05) is 0 Å². The first-order valence-electron chi connectivity index (χ1n) is 11.6. The number of hydrogen-bond donors (Lipinski definition) is 4. The summed E-state index contributed by atoms with van der Waals surface area (Å²) in [4.78, 5) is 21.9. The SMILES string of the molecule is CCCCCCCCCCCCNCC[N+](CCO)(CCC(=O)O)CCC(=O)O. The monoisotopic (exact) mass is 417 g/mol. The van der Waals surface area contributed by atoms with Crippen molar-refractivity contribution < 1.29 is 29.4 Å². The molecule has 0 aromatic heterocycles. The number of rotatable bonds is 22. The second-order valence-electron chi connectivity index (χ2n) is 8.18. The molecule has 29 heavy (non-hydrogen) atoms. The van der Waals surface area contributed by atoms with Gasteiger partial charge in [0.15, 0.2) is 0 Å². The quantitative estimate of drug-likeness (QED) is 0.159. The van der Waals surface area contributed by atoms with Crippen molar-refractivity contribution >= 4 is 11.9 Å². The summed E-state index contributed by atoms with van der Waals surface area (Å²) in [6.07, 6.45) is 13.0. The van der Waals surface area contributed by atoms with Crippen molar-refractivity contribution in [1.29, 1.82) is 0 Å². The Morgan fingerprint density at radius 1 is 0.690 bits per heavy atom. The molecule has 0 rings (SSSR count). The van der Waals surface area contributed by atoms with Crippen molar-refractivity contribution in [2.75, 3.05) is 45.9 Å². The summed E-state index contributed by atoms with van der Waals surface area (Å²) < 4.78 is 0.333. The lowest BCUT2D eigenvalue weighted by atomic mass is 10.1. The molecule has 0 aromatic carbocycles. The Bertz CT molecular complexity index is 400. The minimum atomic E-state index is -0.890. The zero-order valence-electron chi connectivity index (χ0n) is 18.5. The number of hydrogen-bond acceptors (Lipinski definition) is 4. The molecule has 7 heteroatoms. The van der Waals surface area contributed by atoms with Crippen molar-refractivity contribution in [2.45, 2.75) is 84.0 Å². The third kappa shape index (κ3) is 17.4. The van der Waals surface area contributed by atoms with Gasteiger partial charge in [0.1, 0.15) is 6.54 Å². The van der Waals surface area contributed by atoms with Crippen LogP contribution < -0.4 is 5.32 Å². The van der Waals surface area contributed by atoms with E-state index in [9.17, 15) is 14.7 Å². The van der Waals surface area contributed by atoms with E-state index < -0.39 is 11.9 Å². The van der Waals surface area contributed by atoms with E-state index in [1.54, 1.807) is 0 Å². The van der Waals surface area contributed by atoms with Gasteiger partial charge >= 0.3 is 11.9 Å². The number of nitrogens with zero attached hydrogens (tertiary/aromatic N) is 1. The van der Waals surface area contributed by atoms with Crippen LogP contribution in [0.5, 0.6) is 0 Å². The summed E-state index contributed by atoms with van der Waals surface area (Å²) in [5.41, 5.74) is 0. The fraction of sp³-hybridized carbons (Fsp3) is 0.909. The Kier molecular flexibility index (Phi) is 18.1. The van der Waals surface area contributed by atoms with E-state index in [1.165, 1.54) is 57.8 Å². The maximum Gasteiger partial charge on any atom is 0.309 e. The fourth-order valence-corrected chi connectivity index (χ4v) is 3.73. The Hall–Kier alpha value is -1.18. The molecule has 172 valence electrons. The molecule has 0 fully saturated rings.